The van der Waals surface area contributed by atoms with Gasteiger partial charge in [-0.2, -0.15) is 0 Å². The van der Waals surface area contributed by atoms with Crippen molar-refractivity contribution in [3.63, 3.8) is 0 Å². The van der Waals surface area contributed by atoms with Gasteiger partial charge in [-0.15, -0.1) is 0 Å². The normalized spacial score (nSPS) is 21.5. The van der Waals surface area contributed by atoms with E-state index in [9.17, 15) is 18.8 Å². The van der Waals surface area contributed by atoms with Gasteiger partial charge in [0.1, 0.15) is 23.0 Å². The van der Waals surface area contributed by atoms with Crippen LogP contribution >= 0.6 is 11.6 Å². The van der Waals surface area contributed by atoms with Crippen LogP contribution in [-0.4, -0.2) is 36.5 Å². The number of carbonyl (C=O) groups excluding carboxylic acids is 3. The number of nitrogens with zero attached hydrogens (tertiary/aromatic N) is 1. The van der Waals surface area contributed by atoms with E-state index in [0.29, 0.717) is 44.3 Å². The van der Waals surface area contributed by atoms with Crippen molar-refractivity contribution in [1.82, 2.24) is 0 Å². The molecule has 0 amide bonds. The molecule has 7 rings (SSSR count). The fraction of sp³-hybridized carbons (Fsp3) is 0.147. The summed E-state index contributed by atoms with van der Waals surface area (Å²) in [5.74, 6) is -1.80. The summed E-state index contributed by atoms with van der Waals surface area (Å²) in [5, 5.41) is 0.420. The second-order valence-corrected chi connectivity index (χ2v) is 11.0. The van der Waals surface area contributed by atoms with Gasteiger partial charge in [-0.1, -0.05) is 72.3 Å². The van der Waals surface area contributed by atoms with Gasteiger partial charge in [-0.05, 0) is 48.0 Å². The first-order valence-electron chi connectivity index (χ1n) is 13.2. The van der Waals surface area contributed by atoms with Crippen LogP contribution in [0.3, 0.4) is 0 Å². The molecule has 2 aliphatic heterocycles. The Morgan fingerprint density at radius 1 is 0.902 bits per heavy atom. The van der Waals surface area contributed by atoms with Crippen molar-refractivity contribution in [3.8, 4) is 5.75 Å². The molecule has 7 heteroatoms. The SMILES string of the molecule is COc1cccc(C(=O)[C@H]2[C@@H](c3cccc(Cl)c3)C3(C(=O)c4ccccc4C3=O)[C@H]3C=Cc4cc(F)ccc4N23)c1. The minimum absolute atomic E-state index is 0.294. The third-order valence-corrected chi connectivity index (χ3v) is 8.83. The van der Waals surface area contributed by atoms with Gasteiger partial charge in [0.25, 0.3) is 0 Å². The van der Waals surface area contributed by atoms with E-state index in [1.165, 1.54) is 19.2 Å². The second kappa shape index (κ2) is 9.25. The minimum Gasteiger partial charge on any atom is -0.497 e. The van der Waals surface area contributed by atoms with Crippen molar-refractivity contribution in [2.75, 3.05) is 12.0 Å². The van der Waals surface area contributed by atoms with Crippen molar-refractivity contribution in [1.29, 1.82) is 0 Å². The average Bonchev–Trinajstić information content (AvgIpc) is 3.42. The van der Waals surface area contributed by atoms with Crippen LogP contribution in [0.4, 0.5) is 10.1 Å². The van der Waals surface area contributed by atoms with E-state index in [1.54, 1.807) is 91.0 Å². The van der Waals surface area contributed by atoms with E-state index in [0.717, 1.165) is 0 Å². The number of ether oxygens (including phenoxy) is 1. The molecule has 4 aromatic carbocycles. The number of benzene rings is 4. The Labute approximate surface area is 240 Å². The van der Waals surface area contributed by atoms with Gasteiger partial charge >= 0.3 is 0 Å². The lowest BCUT2D eigenvalue weighted by Crippen LogP contribution is -2.48. The summed E-state index contributed by atoms with van der Waals surface area (Å²) in [5.41, 5.74) is 1.10. The van der Waals surface area contributed by atoms with Crippen LogP contribution in [0.2, 0.25) is 5.02 Å². The molecule has 3 atom stereocenters. The number of hydrogen-bond acceptors (Lipinski definition) is 5. The molecule has 4 aromatic rings. The molecule has 1 fully saturated rings. The first kappa shape index (κ1) is 25.4. The molecular formula is C34H23ClFNO4. The zero-order valence-electron chi connectivity index (χ0n) is 21.9. The molecule has 3 aliphatic rings. The Bertz CT molecular complexity index is 1780. The van der Waals surface area contributed by atoms with Crippen LogP contribution < -0.4 is 9.64 Å². The first-order valence-corrected chi connectivity index (χ1v) is 13.6. The first-order chi connectivity index (χ1) is 19.9. The number of anilines is 1. The summed E-state index contributed by atoms with van der Waals surface area (Å²) in [6.07, 6.45) is 3.50. The summed E-state index contributed by atoms with van der Waals surface area (Å²) in [6, 6.07) is 23.1. The predicted molar refractivity (Wildman–Crippen MR) is 155 cm³/mol. The molecule has 0 radical (unpaired) electrons. The van der Waals surface area contributed by atoms with Crippen LogP contribution in [0.25, 0.3) is 6.08 Å². The Morgan fingerprint density at radius 2 is 1.63 bits per heavy atom. The topological polar surface area (TPSA) is 63.7 Å². The predicted octanol–water partition coefficient (Wildman–Crippen LogP) is 6.80. The molecule has 41 heavy (non-hydrogen) atoms. The Morgan fingerprint density at radius 3 is 2.34 bits per heavy atom. The van der Waals surface area contributed by atoms with Gasteiger partial charge < -0.3 is 9.64 Å². The van der Waals surface area contributed by atoms with Crippen molar-refractivity contribution in [3.05, 3.63) is 136 Å². The Hall–Kier alpha value is -4.55. The quantitative estimate of drug-likeness (QED) is 0.202. The summed E-state index contributed by atoms with van der Waals surface area (Å²) in [4.78, 5) is 45.8. The van der Waals surface area contributed by atoms with Gasteiger partial charge in [0, 0.05) is 38.9 Å². The maximum absolute atomic E-state index is 14.7. The highest BCUT2D eigenvalue weighted by atomic mass is 35.5. The molecule has 0 N–H and O–H groups in total. The zero-order chi connectivity index (χ0) is 28.5. The van der Waals surface area contributed by atoms with Crippen LogP contribution in [0.5, 0.6) is 5.75 Å². The summed E-state index contributed by atoms with van der Waals surface area (Å²) in [6.45, 7) is 0. The number of fused-ring (bicyclic) bond motifs is 5. The summed E-state index contributed by atoms with van der Waals surface area (Å²) >= 11 is 6.47. The van der Waals surface area contributed by atoms with E-state index >= 15 is 0 Å². The van der Waals surface area contributed by atoms with Gasteiger partial charge in [-0.3, -0.25) is 14.4 Å². The fourth-order valence-corrected chi connectivity index (χ4v) is 7.17. The molecule has 2 heterocycles. The molecule has 0 saturated carbocycles. The number of halogens is 2. The summed E-state index contributed by atoms with van der Waals surface area (Å²) in [7, 11) is 1.52. The highest BCUT2D eigenvalue weighted by molar-refractivity contribution is 6.33. The smallest absolute Gasteiger partial charge is 0.186 e. The number of Topliss-reactive ketones (excluding diaryl/α,β-unsaturated/α-hetero) is 3. The van der Waals surface area contributed by atoms with Gasteiger partial charge in [0.05, 0.1) is 13.2 Å². The molecule has 0 bridgehead atoms. The lowest BCUT2D eigenvalue weighted by Gasteiger charge is -2.37. The van der Waals surface area contributed by atoms with E-state index in [4.69, 9.17) is 16.3 Å². The van der Waals surface area contributed by atoms with Crippen molar-refractivity contribution in [2.45, 2.75) is 18.0 Å². The van der Waals surface area contributed by atoms with Crippen molar-refractivity contribution in [2.24, 2.45) is 5.41 Å². The number of rotatable bonds is 4. The van der Waals surface area contributed by atoms with Crippen LogP contribution in [-0.2, 0) is 0 Å². The van der Waals surface area contributed by atoms with E-state index in [-0.39, 0.29) is 17.3 Å². The highest BCUT2D eigenvalue weighted by Crippen LogP contribution is 2.61. The van der Waals surface area contributed by atoms with Gasteiger partial charge in [0.15, 0.2) is 17.3 Å². The molecule has 5 nitrogen and oxygen atoms in total. The highest BCUT2D eigenvalue weighted by Gasteiger charge is 2.71. The molecule has 0 unspecified atom stereocenters. The minimum atomic E-state index is -1.66. The number of carbonyl (C=O) groups is 3. The van der Waals surface area contributed by atoms with E-state index in [2.05, 4.69) is 0 Å². The standard InChI is InChI=1S/C34H23ClFNO4/c1-41-24-9-5-7-21(18-24)31(38)30-29(20-6-4-8-22(35)16-20)34(32(39)25-10-2-3-11-26(25)33(34)40)28-15-12-19-17-23(36)13-14-27(19)37(28)30/h2-18,28-30H,1H3/t28-,29-,30-/m1/s1. The monoisotopic (exact) mass is 563 g/mol. The second-order valence-electron chi connectivity index (χ2n) is 10.6. The average molecular weight is 564 g/mol. The lowest BCUT2D eigenvalue weighted by molar-refractivity contribution is 0.0666. The van der Waals surface area contributed by atoms with Gasteiger partial charge in [-0.25, -0.2) is 4.39 Å². The number of methoxy groups -OCH3 is 1. The van der Waals surface area contributed by atoms with E-state index in [1.807, 2.05) is 4.90 Å². The molecule has 1 saturated heterocycles. The van der Waals surface area contributed by atoms with Crippen molar-refractivity contribution < 1.29 is 23.5 Å². The molecule has 0 aromatic heterocycles. The van der Waals surface area contributed by atoms with Crippen LogP contribution in [0.1, 0.15) is 48.1 Å². The number of ketones is 3. The van der Waals surface area contributed by atoms with Crippen molar-refractivity contribution >= 4 is 40.7 Å². The van der Waals surface area contributed by atoms with Crippen LogP contribution in [0, 0.1) is 11.2 Å². The van der Waals surface area contributed by atoms with E-state index < -0.39 is 29.2 Å². The maximum atomic E-state index is 14.7. The maximum Gasteiger partial charge on any atom is 0.186 e. The zero-order valence-corrected chi connectivity index (χ0v) is 22.6. The molecule has 1 spiro atoms. The van der Waals surface area contributed by atoms with Gasteiger partial charge in [0.2, 0.25) is 0 Å². The third-order valence-electron chi connectivity index (χ3n) is 8.60. The Balaban J connectivity index is 1.55. The molecular weight excluding hydrogens is 541 g/mol. The summed E-state index contributed by atoms with van der Waals surface area (Å²) < 4.78 is 19.8. The third kappa shape index (κ3) is 3.50. The molecule has 202 valence electrons. The molecule has 1 aliphatic carbocycles. The largest absolute Gasteiger partial charge is 0.497 e. The van der Waals surface area contributed by atoms with Crippen LogP contribution in [0.15, 0.2) is 97.1 Å². The lowest BCUT2D eigenvalue weighted by atomic mass is 9.64. The fourth-order valence-electron chi connectivity index (χ4n) is 6.97. The Kier molecular flexibility index (Phi) is 5.73. The number of hydrogen-bond donors (Lipinski definition) is 0.